The van der Waals surface area contributed by atoms with Crippen molar-refractivity contribution in [2.45, 2.75) is 26.4 Å². The molecule has 2 aromatic rings. The molecule has 1 aliphatic heterocycles. The van der Waals surface area contributed by atoms with E-state index in [-0.39, 0.29) is 11.9 Å². The number of nitrogens with one attached hydrogen (secondary N) is 1. The molecule has 0 aliphatic carbocycles. The predicted molar refractivity (Wildman–Crippen MR) is 102 cm³/mol. The SMILES string of the molecule is CC1CN(Cc2ccccc2)CC(C)C1NC(=O)c1cccc(N)c1. The number of carbonyl (C=O) groups is 1. The number of likely N-dealkylation sites (tertiary alicyclic amines) is 1. The lowest BCUT2D eigenvalue weighted by Crippen LogP contribution is -2.54. The Bertz CT molecular complexity index is 704. The molecule has 1 fully saturated rings. The van der Waals surface area contributed by atoms with Crippen molar-refractivity contribution in [3.05, 3.63) is 65.7 Å². The van der Waals surface area contributed by atoms with E-state index in [0.717, 1.165) is 19.6 Å². The molecule has 0 aromatic heterocycles. The van der Waals surface area contributed by atoms with E-state index in [9.17, 15) is 4.79 Å². The molecule has 2 unspecified atom stereocenters. The van der Waals surface area contributed by atoms with Gasteiger partial charge in [0.1, 0.15) is 0 Å². The highest BCUT2D eigenvalue weighted by Crippen LogP contribution is 2.24. The number of piperidine rings is 1. The molecule has 132 valence electrons. The molecule has 3 rings (SSSR count). The molecular weight excluding hydrogens is 310 g/mol. The minimum Gasteiger partial charge on any atom is -0.399 e. The van der Waals surface area contributed by atoms with Gasteiger partial charge in [-0.05, 0) is 35.6 Å². The Kier molecular flexibility index (Phi) is 5.39. The van der Waals surface area contributed by atoms with E-state index >= 15 is 0 Å². The summed E-state index contributed by atoms with van der Waals surface area (Å²) in [5, 5.41) is 3.23. The van der Waals surface area contributed by atoms with Crippen LogP contribution in [0.2, 0.25) is 0 Å². The number of anilines is 1. The Balaban J connectivity index is 1.61. The fourth-order valence-corrected chi connectivity index (χ4v) is 3.85. The first-order valence-corrected chi connectivity index (χ1v) is 8.95. The van der Waals surface area contributed by atoms with Gasteiger partial charge in [-0.25, -0.2) is 0 Å². The van der Waals surface area contributed by atoms with E-state index in [0.29, 0.717) is 23.1 Å². The lowest BCUT2D eigenvalue weighted by Gasteiger charge is -2.41. The van der Waals surface area contributed by atoms with Crippen LogP contribution in [0.25, 0.3) is 0 Å². The molecule has 0 spiro atoms. The molecule has 1 aliphatic rings. The largest absolute Gasteiger partial charge is 0.399 e. The number of carbonyl (C=O) groups excluding carboxylic acids is 1. The summed E-state index contributed by atoms with van der Waals surface area (Å²) in [7, 11) is 0. The molecule has 25 heavy (non-hydrogen) atoms. The van der Waals surface area contributed by atoms with Crippen LogP contribution in [-0.2, 0) is 6.54 Å². The topological polar surface area (TPSA) is 58.4 Å². The molecule has 1 amide bonds. The van der Waals surface area contributed by atoms with E-state index in [1.807, 2.05) is 18.2 Å². The first kappa shape index (κ1) is 17.5. The van der Waals surface area contributed by atoms with Crippen LogP contribution in [0, 0.1) is 11.8 Å². The van der Waals surface area contributed by atoms with Crippen molar-refractivity contribution >= 4 is 11.6 Å². The summed E-state index contributed by atoms with van der Waals surface area (Å²) in [6, 6.07) is 17.9. The first-order chi connectivity index (χ1) is 12.0. The molecule has 2 atom stereocenters. The van der Waals surface area contributed by atoms with Crippen LogP contribution in [0.15, 0.2) is 54.6 Å². The second-order valence-electron chi connectivity index (χ2n) is 7.26. The lowest BCUT2D eigenvalue weighted by atomic mass is 9.85. The molecule has 4 nitrogen and oxygen atoms in total. The van der Waals surface area contributed by atoms with E-state index in [1.54, 1.807) is 12.1 Å². The molecular formula is C21H27N3O. The number of hydrogen-bond acceptors (Lipinski definition) is 3. The highest BCUT2D eigenvalue weighted by molar-refractivity contribution is 5.95. The second kappa shape index (κ2) is 7.70. The Hall–Kier alpha value is -2.33. The standard InChI is InChI=1S/C21H27N3O/c1-15-12-24(14-17-7-4-3-5-8-17)13-16(2)20(15)23-21(25)18-9-6-10-19(22)11-18/h3-11,15-16,20H,12-14,22H2,1-2H3,(H,23,25). The van der Waals surface area contributed by atoms with Crippen LogP contribution in [0.5, 0.6) is 0 Å². The zero-order chi connectivity index (χ0) is 17.8. The number of nitrogen functional groups attached to an aromatic ring is 1. The number of benzene rings is 2. The molecule has 1 saturated heterocycles. The summed E-state index contributed by atoms with van der Waals surface area (Å²) in [4.78, 5) is 15.0. The number of nitrogens with two attached hydrogens (primary N) is 1. The Morgan fingerprint density at radius 2 is 1.76 bits per heavy atom. The molecule has 0 bridgehead atoms. The number of nitrogens with zero attached hydrogens (tertiary/aromatic N) is 1. The normalized spacial score (nSPS) is 24.0. The van der Waals surface area contributed by atoms with Gasteiger partial charge in [-0.1, -0.05) is 50.2 Å². The van der Waals surface area contributed by atoms with Crippen LogP contribution >= 0.6 is 0 Å². The summed E-state index contributed by atoms with van der Waals surface area (Å²) in [5.41, 5.74) is 8.37. The average Bonchev–Trinajstić information content (AvgIpc) is 2.59. The lowest BCUT2D eigenvalue weighted by molar-refractivity contribution is 0.0733. The van der Waals surface area contributed by atoms with Gasteiger partial charge < -0.3 is 11.1 Å². The van der Waals surface area contributed by atoms with Gasteiger partial charge in [-0.15, -0.1) is 0 Å². The molecule has 4 heteroatoms. The summed E-state index contributed by atoms with van der Waals surface area (Å²) in [6.07, 6.45) is 0. The minimum absolute atomic E-state index is 0.0347. The smallest absolute Gasteiger partial charge is 0.251 e. The molecule has 1 heterocycles. The summed E-state index contributed by atoms with van der Waals surface area (Å²) in [5.74, 6) is 0.766. The fraction of sp³-hybridized carbons (Fsp3) is 0.381. The van der Waals surface area contributed by atoms with Gasteiger partial charge in [0.25, 0.3) is 5.91 Å². The van der Waals surface area contributed by atoms with Crippen molar-refractivity contribution in [1.82, 2.24) is 10.2 Å². The third-order valence-electron chi connectivity index (χ3n) is 5.01. The van der Waals surface area contributed by atoms with Crippen LogP contribution in [0.3, 0.4) is 0 Å². The number of hydrogen-bond donors (Lipinski definition) is 2. The fourth-order valence-electron chi connectivity index (χ4n) is 3.85. The zero-order valence-electron chi connectivity index (χ0n) is 15.0. The quantitative estimate of drug-likeness (QED) is 0.843. The van der Waals surface area contributed by atoms with E-state index in [4.69, 9.17) is 5.73 Å². The maximum absolute atomic E-state index is 12.5. The van der Waals surface area contributed by atoms with Crippen LogP contribution < -0.4 is 11.1 Å². The summed E-state index contributed by atoms with van der Waals surface area (Å²) < 4.78 is 0. The van der Waals surface area contributed by atoms with Gasteiger partial charge in [-0.3, -0.25) is 9.69 Å². The van der Waals surface area contributed by atoms with Crippen molar-refractivity contribution in [2.75, 3.05) is 18.8 Å². The van der Waals surface area contributed by atoms with Crippen LogP contribution in [0.1, 0.15) is 29.8 Å². The Morgan fingerprint density at radius 3 is 2.40 bits per heavy atom. The summed E-state index contributed by atoms with van der Waals surface area (Å²) >= 11 is 0. The van der Waals surface area contributed by atoms with E-state index in [1.165, 1.54) is 5.56 Å². The van der Waals surface area contributed by atoms with Crippen LogP contribution in [0.4, 0.5) is 5.69 Å². The van der Waals surface area contributed by atoms with Crippen LogP contribution in [-0.4, -0.2) is 29.9 Å². The number of amides is 1. The van der Waals surface area contributed by atoms with Crippen molar-refractivity contribution in [3.63, 3.8) is 0 Å². The van der Waals surface area contributed by atoms with Gasteiger partial charge >= 0.3 is 0 Å². The predicted octanol–water partition coefficient (Wildman–Crippen LogP) is 3.16. The molecule has 3 N–H and O–H groups in total. The molecule has 2 aromatic carbocycles. The average molecular weight is 337 g/mol. The monoisotopic (exact) mass is 337 g/mol. The van der Waals surface area contributed by atoms with Gasteiger partial charge in [0.15, 0.2) is 0 Å². The molecule has 0 radical (unpaired) electrons. The van der Waals surface area contributed by atoms with E-state index in [2.05, 4.69) is 48.3 Å². The number of rotatable bonds is 4. The van der Waals surface area contributed by atoms with Crippen molar-refractivity contribution in [1.29, 1.82) is 0 Å². The maximum atomic E-state index is 12.5. The zero-order valence-corrected chi connectivity index (χ0v) is 15.0. The first-order valence-electron chi connectivity index (χ1n) is 8.95. The third kappa shape index (κ3) is 4.40. The third-order valence-corrected chi connectivity index (χ3v) is 5.01. The van der Waals surface area contributed by atoms with Crippen molar-refractivity contribution in [3.8, 4) is 0 Å². The van der Waals surface area contributed by atoms with Gasteiger partial charge in [0.2, 0.25) is 0 Å². The van der Waals surface area contributed by atoms with Crippen molar-refractivity contribution in [2.24, 2.45) is 11.8 Å². The summed E-state index contributed by atoms with van der Waals surface area (Å²) in [6.45, 7) is 7.38. The maximum Gasteiger partial charge on any atom is 0.251 e. The van der Waals surface area contributed by atoms with Gasteiger partial charge in [0, 0.05) is 36.9 Å². The highest BCUT2D eigenvalue weighted by Gasteiger charge is 2.33. The highest BCUT2D eigenvalue weighted by atomic mass is 16.1. The Labute approximate surface area is 150 Å². The van der Waals surface area contributed by atoms with E-state index < -0.39 is 0 Å². The van der Waals surface area contributed by atoms with Crippen molar-refractivity contribution < 1.29 is 4.79 Å². The second-order valence-corrected chi connectivity index (χ2v) is 7.26. The molecule has 0 saturated carbocycles. The minimum atomic E-state index is -0.0347. The van der Waals surface area contributed by atoms with Gasteiger partial charge in [-0.2, -0.15) is 0 Å². The van der Waals surface area contributed by atoms with Gasteiger partial charge in [0.05, 0.1) is 0 Å². The Morgan fingerprint density at radius 1 is 1.08 bits per heavy atom.